The van der Waals surface area contributed by atoms with E-state index in [4.69, 9.17) is 23.2 Å². The van der Waals surface area contributed by atoms with E-state index >= 15 is 0 Å². The van der Waals surface area contributed by atoms with E-state index in [9.17, 15) is 31.2 Å². The number of sulfonamides is 1. The summed E-state index contributed by atoms with van der Waals surface area (Å²) in [5, 5.41) is 4.12. The van der Waals surface area contributed by atoms with Crippen LogP contribution in [-0.4, -0.2) is 32.3 Å². The zero-order chi connectivity index (χ0) is 26.0. The Balaban J connectivity index is 2.00. The van der Waals surface area contributed by atoms with Crippen molar-refractivity contribution in [2.45, 2.75) is 11.1 Å². The van der Waals surface area contributed by atoms with Gasteiger partial charge in [-0.2, -0.15) is 13.2 Å². The number of halogens is 5. The van der Waals surface area contributed by atoms with Crippen LogP contribution in [0.1, 0.15) is 21.6 Å². The second-order valence-electron chi connectivity index (χ2n) is 6.91. The fourth-order valence-electron chi connectivity index (χ4n) is 2.86. The molecule has 0 spiro atoms. The molecule has 35 heavy (non-hydrogen) atoms. The number of amides is 2. The molecule has 0 unspecified atom stereocenters. The van der Waals surface area contributed by atoms with Crippen molar-refractivity contribution in [3.05, 3.63) is 81.6 Å². The number of carbonyl (C=O) groups excluding carboxylic acids is 2. The largest absolute Gasteiger partial charge is 0.417 e. The van der Waals surface area contributed by atoms with E-state index < -0.39 is 43.5 Å². The van der Waals surface area contributed by atoms with Crippen LogP contribution in [0.5, 0.6) is 0 Å². The van der Waals surface area contributed by atoms with Gasteiger partial charge >= 0.3 is 12.2 Å². The van der Waals surface area contributed by atoms with Crippen molar-refractivity contribution >= 4 is 56.4 Å². The topological polar surface area (TPSA) is 117 Å². The third kappa shape index (κ3) is 6.21. The van der Waals surface area contributed by atoms with Gasteiger partial charge in [-0.1, -0.05) is 35.3 Å². The molecule has 3 N–H and O–H groups in total. The monoisotopic (exact) mass is 546 g/mol. The Kier molecular flexibility index (Phi) is 7.58. The average molecular weight is 547 g/mol. The van der Waals surface area contributed by atoms with Gasteiger partial charge in [0, 0.05) is 24.5 Å². The minimum Gasteiger partial charge on any atom is -0.341 e. The van der Waals surface area contributed by atoms with Crippen LogP contribution in [0, 0.1) is 0 Å². The number of alkyl halides is 3. The zero-order valence-electron chi connectivity index (χ0n) is 17.6. The number of aromatic nitrogens is 1. The van der Waals surface area contributed by atoms with Gasteiger partial charge in [-0.25, -0.2) is 18.2 Å². The molecule has 2 amide bonds. The number of rotatable bonds is 6. The molecule has 0 fully saturated rings. The van der Waals surface area contributed by atoms with Gasteiger partial charge in [0.1, 0.15) is 5.69 Å². The molecule has 3 rings (SSSR count). The molecular formula is C21H15Cl2F3N4O4S. The Labute approximate surface area is 207 Å². The highest BCUT2D eigenvalue weighted by Crippen LogP contribution is 2.36. The van der Waals surface area contributed by atoms with Crippen LogP contribution >= 0.6 is 23.2 Å². The lowest BCUT2D eigenvalue weighted by Gasteiger charge is -2.14. The standard InChI is InChI=1S/C21H15Cl2F3N4O4S/c1-27-20(32)29-13-4-2-3-11(7-13)19(31)18-17(8-12(22)10-28-18)30-35(33,34)14-5-6-16(23)15(9-14)21(24,25)26/h2-10,30H,1H3,(H2,27,29,32). The summed E-state index contributed by atoms with van der Waals surface area (Å²) in [6.45, 7) is 0. The quantitative estimate of drug-likeness (QED) is 0.368. The molecule has 0 saturated carbocycles. The molecule has 0 aliphatic heterocycles. The first-order valence-corrected chi connectivity index (χ1v) is 11.7. The van der Waals surface area contributed by atoms with E-state index in [0.29, 0.717) is 6.07 Å². The molecule has 0 radical (unpaired) electrons. The molecule has 1 aromatic heterocycles. The number of anilines is 2. The maximum absolute atomic E-state index is 13.2. The van der Waals surface area contributed by atoms with Crippen LogP contribution in [0.25, 0.3) is 0 Å². The summed E-state index contributed by atoms with van der Waals surface area (Å²) in [4.78, 5) is 27.8. The predicted molar refractivity (Wildman–Crippen MR) is 124 cm³/mol. The summed E-state index contributed by atoms with van der Waals surface area (Å²) in [6.07, 6.45) is -3.79. The first kappa shape index (κ1) is 26.3. The van der Waals surface area contributed by atoms with Crippen LogP contribution in [0.3, 0.4) is 0 Å². The van der Waals surface area contributed by atoms with Gasteiger partial charge < -0.3 is 10.6 Å². The molecule has 184 valence electrons. The summed E-state index contributed by atoms with van der Waals surface area (Å²) in [5.41, 5.74) is -1.77. The zero-order valence-corrected chi connectivity index (χ0v) is 19.9. The van der Waals surface area contributed by atoms with Crippen molar-refractivity contribution in [3.8, 4) is 0 Å². The smallest absolute Gasteiger partial charge is 0.341 e. The second-order valence-corrected chi connectivity index (χ2v) is 9.43. The highest BCUT2D eigenvalue weighted by molar-refractivity contribution is 7.92. The lowest BCUT2D eigenvalue weighted by atomic mass is 10.1. The van der Waals surface area contributed by atoms with E-state index in [1.165, 1.54) is 31.3 Å². The number of nitrogens with zero attached hydrogens (tertiary/aromatic N) is 1. The molecule has 0 aliphatic rings. The Morgan fingerprint density at radius 3 is 2.40 bits per heavy atom. The van der Waals surface area contributed by atoms with Crippen molar-refractivity contribution in [2.24, 2.45) is 0 Å². The van der Waals surface area contributed by atoms with Gasteiger partial charge in [0.15, 0.2) is 0 Å². The van der Waals surface area contributed by atoms with Crippen molar-refractivity contribution in [1.29, 1.82) is 0 Å². The van der Waals surface area contributed by atoms with Crippen LogP contribution in [0.2, 0.25) is 10.0 Å². The molecule has 2 aromatic carbocycles. The third-order valence-electron chi connectivity index (χ3n) is 4.48. The number of benzene rings is 2. The predicted octanol–water partition coefficient (Wildman–Crippen LogP) is 5.19. The summed E-state index contributed by atoms with van der Waals surface area (Å²) in [6, 6.07) is 8.34. The molecule has 0 atom stereocenters. The lowest BCUT2D eigenvalue weighted by Crippen LogP contribution is -2.24. The summed E-state index contributed by atoms with van der Waals surface area (Å²) < 4.78 is 67.4. The van der Waals surface area contributed by atoms with Crippen molar-refractivity contribution in [2.75, 3.05) is 17.1 Å². The van der Waals surface area contributed by atoms with Gasteiger partial charge in [0.2, 0.25) is 5.78 Å². The van der Waals surface area contributed by atoms with Crippen LogP contribution in [0.4, 0.5) is 29.3 Å². The molecule has 1 heterocycles. The van der Waals surface area contributed by atoms with Crippen molar-refractivity contribution in [3.63, 3.8) is 0 Å². The number of urea groups is 1. The molecule has 3 aromatic rings. The number of carbonyl (C=O) groups is 2. The Hall–Kier alpha value is -3.35. The minimum absolute atomic E-state index is 0.0404. The summed E-state index contributed by atoms with van der Waals surface area (Å²) >= 11 is 11.5. The fourth-order valence-corrected chi connectivity index (χ4v) is 4.32. The Morgan fingerprint density at radius 1 is 1.03 bits per heavy atom. The Bertz CT molecular complexity index is 1420. The highest BCUT2D eigenvalue weighted by atomic mass is 35.5. The minimum atomic E-state index is -4.89. The van der Waals surface area contributed by atoms with Crippen LogP contribution in [-0.2, 0) is 16.2 Å². The number of nitrogens with one attached hydrogen (secondary N) is 3. The van der Waals surface area contributed by atoms with Gasteiger partial charge in [-0.05, 0) is 36.4 Å². The molecule has 0 saturated heterocycles. The summed E-state index contributed by atoms with van der Waals surface area (Å²) in [7, 11) is -3.22. The van der Waals surface area contributed by atoms with Crippen molar-refractivity contribution in [1.82, 2.24) is 10.3 Å². The average Bonchev–Trinajstić information content (AvgIpc) is 2.78. The summed E-state index contributed by atoms with van der Waals surface area (Å²) in [5.74, 6) is -0.744. The number of pyridine rings is 1. The molecule has 0 aliphatic carbocycles. The molecule has 8 nitrogen and oxygen atoms in total. The SMILES string of the molecule is CNC(=O)Nc1cccc(C(=O)c2ncc(Cl)cc2NS(=O)(=O)c2ccc(Cl)c(C(F)(F)F)c2)c1. The normalized spacial score (nSPS) is 11.6. The van der Waals surface area contributed by atoms with Gasteiger partial charge in [0.05, 0.1) is 26.2 Å². The number of hydrogen-bond donors (Lipinski definition) is 3. The highest BCUT2D eigenvalue weighted by Gasteiger charge is 2.34. The Morgan fingerprint density at radius 2 is 1.74 bits per heavy atom. The lowest BCUT2D eigenvalue weighted by molar-refractivity contribution is -0.137. The maximum Gasteiger partial charge on any atom is 0.417 e. The number of hydrogen-bond acceptors (Lipinski definition) is 5. The molecule has 14 heteroatoms. The molecule has 0 bridgehead atoms. The van der Waals surface area contributed by atoms with E-state index in [1.807, 2.05) is 0 Å². The third-order valence-corrected chi connectivity index (χ3v) is 6.38. The second kappa shape index (κ2) is 10.1. The van der Waals surface area contributed by atoms with Gasteiger partial charge in [-0.15, -0.1) is 0 Å². The maximum atomic E-state index is 13.2. The molecular weight excluding hydrogens is 532 g/mol. The van der Waals surface area contributed by atoms with E-state index in [2.05, 4.69) is 20.3 Å². The first-order valence-electron chi connectivity index (χ1n) is 9.50. The first-order chi connectivity index (χ1) is 16.3. The van der Waals surface area contributed by atoms with Gasteiger partial charge in [0.25, 0.3) is 10.0 Å². The van der Waals surface area contributed by atoms with Crippen LogP contribution < -0.4 is 15.4 Å². The van der Waals surface area contributed by atoms with E-state index in [-0.39, 0.29) is 27.7 Å². The van der Waals surface area contributed by atoms with E-state index in [1.54, 1.807) is 0 Å². The number of ketones is 1. The van der Waals surface area contributed by atoms with Gasteiger partial charge in [-0.3, -0.25) is 9.52 Å². The van der Waals surface area contributed by atoms with E-state index in [0.717, 1.165) is 24.4 Å². The van der Waals surface area contributed by atoms with Crippen LogP contribution in [0.15, 0.2) is 59.6 Å². The fraction of sp³-hybridized carbons (Fsp3) is 0.0952. The van der Waals surface area contributed by atoms with Crippen molar-refractivity contribution < 1.29 is 31.2 Å².